The zero-order valence-electron chi connectivity index (χ0n) is 5.20. The minimum atomic E-state index is -1.00. The number of hydrogen-bond acceptors (Lipinski definition) is 1. The maximum absolute atomic E-state index is 10.3. The zero-order valence-corrected chi connectivity index (χ0v) is 5.20. The summed E-state index contributed by atoms with van der Waals surface area (Å²) >= 11 is 0. The van der Waals surface area contributed by atoms with Crippen molar-refractivity contribution in [2.24, 2.45) is 0 Å². The lowest BCUT2D eigenvalue weighted by molar-refractivity contribution is -0.131. The van der Waals surface area contributed by atoms with Crippen LogP contribution < -0.4 is 0 Å². The van der Waals surface area contributed by atoms with Crippen molar-refractivity contribution in [2.75, 3.05) is 0 Å². The maximum atomic E-state index is 10.3. The molecule has 1 atom stereocenters. The molecule has 1 N–H and O–H groups in total. The summed E-state index contributed by atoms with van der Waals surface area (Å²) in [6.07, 6.45) is 1.92. The van der Waals surface area contributed by atoms with E-state index in [-0.39, 0.29) is 6.42 Å². The standard InChI is InChI=1S/C6H9O3/c1-5(7)3-2-4-6(8)9/h2,4-5H,3H2,1H3,(H,8,9). The average Bonchev–Trinajstić information content (AvgIpc) is 1.63. The van der Waals surface area contributed by atoms with Gasteiger partial charge in [-0.05, 0) is 13.3 Å². The fourth-order valence-corrected chi connectivity index (χ4v) is 0.360. The predicted octanol–water partition coefficient (Wildman–Crippen LogP) is 0.836. The molecule has 0 fully saturated rings. The van der Waals surface area contributed by atoms with E-state index in [1.54, 1.807) is 0 Å². The normalized spacial score (nSPS) is 14.0. The molecule has 51 valence electrons. The SMILES string of the molecule is CC([O])CC=CC(=O)O. The first-order valence-electron chi connectivity index (χ1n) is 2.68. The Morgan fingerprint density at radius 2 is 2.33 bits per heavy atom. The molecule has 0 aliphatic carbocycles. The molecular formula is C6H9O3. The van der Waals surface area contributed by atoms with E-state index in [9.17, 15) is 9.90 Å². The Morgan fingerprint density at radius 3 is 2.67 bits per heavy atom. The summed E-state index contributed by atoms with van der Waals surface area (Å²) in [5.41, 5.74) is 0. The van der Waals surface area contributed by atoms with E-state index in [4.69, 9.17) is 5.11 Å². The molecule has 0 aromatic rings. The van der Waals surface area contributed by atoms with E-state index < -0.39 is 12.1 Å². The van der Waals surface area contributed by atoms with Gasteiger partial charge < -0.3 is 5.11 Å². The van der Waals surface area contributed by atoms with Gasteiger partial charge in [-0.25, -0.2) is 9.90 Å². The Hall–Kier alpha value is -0.830. The molecule has 0 bridgehead atoms. The van der Waals surface area contributed by atoms with E-state index >= 15 is 0 Å². The van der Waals surface area contributed by atoms with Crippen molar-refractivity contribution in [3.63, 3.8) is 0 Å². The second kappa shape index (κ2) is 4.09. The first-order valence-corrected chi connectivity index (χ1v) is 2.68. The fourth-order valence-electron chi connectivity index (χ4n) is 0.360. The van der Waals surface area contributed by atoms with Crippen LogP contribution in [0.3, 0.4) is 0 Å². The Morgan fingerprint density at radius 1 is 1.78 bits per heavy atom. The minimum Gasteiger partial charge on any atom is -0.478 e. The van der Waals surface area contributed by atoms with Crippen LogP contribution >= 0.6 is 0 Å². The number of carbonyl (C=O) groups is 1. The second-order valence-corrected chi connectivity index (χ2v) is 1.79. The van der Waals surface area contributed by atoms with Gasteiger partial charge in [-0.2, -0.15) is 0 Å². The Bertz CT molecular complexity index is 115. The molecule has 0 aliphatic rings. The fraction of sp³-hybridized carbons (Fsp3) is 0.500. The van der Waals surface area contributed by atoms with Gasteiger partial charge >= 0.3 is 5.97 Å². The lowest BCUT2D eigenvalue weighted by Crippen LogP contribution is -1.94. The first kappa shape index (κ1) is 8.17. The molecule has 0 saturated carbocycles. The van der Waals surface area contributed by atoms with Crippen LogP contribution in [0.25, 0.3) is 0 Å². The molecule has 1 radical (unpaired) electrons. The minimum absolute atomic E-state index is 0.284. The summed E-state index contributed by atoms with van der Waals surface area (Å²) in [5, 5.41) is 18.3. The van der Waals surface area contributed by atoms with Crippen LogP contribution in [0.2, 0.25) is 0 Å². The zero-order chi connectivity index (χ0) is 7.28. The van der Waals surface area contributed by atoms with Crippen LogP contribution in [-0.4, -0.2) is 17.2 Å². The quantitative estimate of drug-likeness (QED) is 0.574. The van der Waals surface area contributed by atoms with Crippen LogP contribution in [-0.2, 0) is 9.90 Å². The summed E-state index contributed by atoms with van der Waals surface area (Å²) in [6, 6.07) is 0. The van der Waals surface area contributed by atoms with Crippen LogP contribution in [0.5, 0.6) is 0 Å². The summed E-state index contributed by atoms with van der Waals surface area (Å²) in [5.74, 6) is -1.00. The lowest BCUT2D eigenvalue weighted by atomic mass is 10.3. The van der Waals surface area contributed by atoms with Crippen molar-refractivity contribution in [1.29, 1.82) is 0 Å². The number of rotatable bonds is 3. The van der Waals surface area contributed by atoms with Crippen molar-refractivity contribution >= 4 is 5.97 Å². The van der Waals surface area contributed by atoms with Crippen LogP contribution in [0.1, 0.15) is 13.3 Å². The summed E-state index contributed by atoms with van der Waals surface area (Å²) in [6.45, 7) is 1.49. The lowest BCUT2D eigenvalue weighted by Gasteiger charge is -1.90. The molecule has 0 aromatic heterocycles. The summed E-state index contributed by atoms with van der Waals surface area (Å²) in [4.78, 5) is 9.79. The van der Waals surface area contributed by atoms with Gasteiger partial charge in [-0.3, -0.25) is 0 Å². The smallest absolute Gasteiger partial charge is 0.327 e. The van der Waals surface area contributed by atoms with Crippen molar-refractivity contribution < 1.29 is 15.0 Å². The molecule has 0 spiro atoms. The van der Waals surface area contributed by atoms with Gasteiger partial charge in [0.1, 0.15) is 0 Å². The third-order valence-electron chi connectivity index (χ3n) is 0.728. The Labute approximate surface area is 53.6 Å². The van der Waals surface area contributed by atoms with Crippen molar-refractivity contribution in [3.8, 4) is 0 Å². The van der Waals surface area contributed by atoms with Crippen LogP contribution in [0.15, 0.2) is 12.2 Å². The third-order valence-corrected chi connectivity index (χ3v) is 0.728. The van der Waals surface area contributed by atoms with Gasteiger partial charge in [-0.15, -0.1) is 0 Å². The molecule has 1 unspecified atom stereocenters. The number of aliphatic carboxylic acids is 1. The monoisotopic (exact) mass is 129 g/mol. The van der Waals surface area contributed by atoms with Gasteiger partial charge in [0.05, 0.1) is 6.10 Å². The summed E-state index contributed by atoms with van der Waals surface area (Å²) in [7, 11) is 0. The van der Waals surface area contributed by atoms with Gasteiger partial charge in [0.15, 0.2) is 0 Å². The summed E-state index contributed by atoms with van der Waals surface area (Å²) < 4.78 is 0. The van der Waals surface area contributed by atoms with E-state index in [1.807, 2.05) is 0 Å². The largest absolute Gasteiger partial charge is 0.478 e. The van der Waals surface area contributed by atoms with Gasteiger partial charge in [0, 0.05) is 6.08 Å². The highest BCUT2D eigenvalue weighted by atomic mass is 16.4. The molecule has 0 aliphatic heterocycles. The maximum Gasteiger partial charge on any atom is 0.327 e. The molecule has 0 amide bonds. The van der Waals surface area contributed by atoms with Gasteiger partial charge in [0.2, 0.25) is 0 Å². The van der Waals surface area contributed by atoms with E-state index in [1.165, 1.54) is 13.0 Å². The van der Waals surface area contributed by atoms with E-state index in [0.717, 1.165) is 6.08 Å². The Balaban J connectivity index is 3.36. The molecular weight excluding hydrogens is 120 g/mol. The molecule has 9 heavy (non-hydrogen) atoms. The van der Waals surface area contributed by atoms with Gasteiger partial charge in [-0.1, -0.05) is 6.08 Å². The predicted molar refractivity (Wildman–Crippen MR) is 31.5 cm³/mol. The molecule has 0 rings (SSSR count). The van der Waals surface area contributed by atoms with Gasteiger partial charge in [0.25, 0.3) is 0 Å². The van der Waals surface area contributed by atoms with Crippen LogP contribution in [0, 0.1) is 0 Å². The van der Waals surface area contributed by atoms with Crippen molar-refractivity contribution in [3.05, 3.63) is 12.2 Å². The molecule has 0 saturated heterocycles. The van der Waals surface area contributed by atoms with E-state index in [2.05, 4.69) is 0 Å². The Kier molecular flexibility index (Phi) is 3.71. The van der Waals surface area contributed by atoms with E-state index in [0.29, 0.717) is 0 Å². The highest BCUT2D eigenvalue weighted by Crippen LogP contribution is 1.90. The van der Waals surface area contributed by atoms with Crippen LogP contribution in [0.4, 0.5) is 0 Å². The molecule has 3 heteroatoms. The average molecular weight is 129 g/mol. The number of hydrogen-bond donors (Lipinski definition) is 1. The van der Waals surface area contributed by atoms with Crippen molar-refractivity contribution in [1.82, 2.24) is 0 Å². The molecule has 0 aromatic carbocycles. The second-order valence-electron chi connectivity index (χ2n) is 1.79. The number of carboxylic acids is 1. The highest BCUT2D eigenvalue weighted by Gasteiger charge is 1.92. The highest BCUT2D eigenvalue weighted by molar-refractivity contribution is 5.79. The topological polar surface area (TPSA) is 57.2 Å². The third kappa shape index (κ3) is 7.17. The molecule has 3 nitrogen and oxygen atoms in total. The van der Waals surface area contributed by atoms with Crippen molar-refractivity contribution in [2.45, 2.75) is 19.4 Å². The first-order chi connectivity index (χ1) is 4.13. The molecule has 0 heterocycles. The number of carboxylic acid groups (broad SMARTS) is 1.